The average molecular weight is 593 g/mol. The summed E-state index contributed by atoms with van der Waals surface area (Å²) >= 11 is 1.84. The maximum Gasteiger partial charge on any atom is 0.0619 e. The summed E-state index contributed by atoms with van der Waals surface area (Å²) in [7, 11) is 0. The van der Waals surface area contributed by atoms with Gasteiger partial charge in [-0.3, -0.25) is 0 Å². The number of nitrogens with zero attached hydrogens (tertiary/aromatic N) is 2. The second-order valence-corrected chi connectivity index (χ2v) is 12.5. The van der Waals surface area contributed by atoms with E-state index in [1.807, 2.05) is 11.8 Å². The van der Waals surface area contributed by atoms with Gasteiger partial charge in [-0.25, -0.2) is 0 Å². The van der Waals surface area contributed by atoms with Crippen molar-refractivity contribution >= 4 is 50.6 Å². The molecular formula is C42H28N2S. The smallest absolute Gasteiger partial charge is 0.0619 e. The predicted molar refractivity (Wildman–Crippen MR) is 190 cm³/mol. The third-order valence-electron chi connectivity index (χ3n) is 8.76. The van der Waals surface area contributed by atoms with Crippen LogP contribution in [0.3, 0.4) is 0 Å². The Morgan fingerprint density at radius 3 is 1.64 bits per heavy atom. The van der Waals surface area contributed by atoms with Gasteiger partial charge in [0.25, 0.3) is 0 Å². The van der Waals surface area contributed by atoms with Gasteiger partial charge < -0.3 is 9.47 Å². The molecule has 0 aliphatic carbocycles. The highest BCUT2D eigenvalue weighted by Gasteiger charge is 2.25. The van der Waals surface area contributed by atoms with Gasteiger partial charge in [-0.1, -0.05) is 115 Å². The molecule has 1 aliphatic heterocycles. The zero-order valence-corrected chi connectivity index (χ0v) is 25.3. The molecule has 0 fully saturated rings. The van der Waals surface area contributed by atoms with Gasteiger partial charge in [0.2, 0.25) is 0 Å². The van der Waals surface area contributed by atoms with E-state index in [9.17, 15) is 0 Å². The molecule has 2 heterocycles. The van der Waals surface area contributed by atoms with Crippen LogP contribution in [0, 0.1) is 0 Å². The molecule has 0 N–H and O–H groups in total. The lowest BCUT2D eigenvalue weighted by Crippen LogP contribution is -2.14. The van der Waals surface area contributed by atoms with Crippen molar-refractivity contribution < 1.29 is 0 Å². The Kier molecular flexibility index (Phi) is 6.10. The van der Waals surface area contributed by atoms with E-state index in [-0.39, 0.29) is 0 Å². The van der Waals surface area contributed by atoms with Gasteiger partial charge in [0, 0.05) is 37.5 Å². The van der Waals surface area contributed by atoms with Crippen LogP contribution in [0.25, 0.3) is 49.7 Å². The molecule has 0 spiro atoms. The molecular weight excluding hydrogens is 565 g/mol. The van der Waals surface area contributed by atoms with Crippen molar-refractivity contribution in [1.82, 2.24) is 4.57 Å². The number of hydrogen-bond acceptors (Lipinski definition) is 2. The maximum atomic E-state index is 2.44. The number of para-hydroxylation sites is 3. The SMILES string of the molecule is c1ccc(-c2cc(-c3ccccc3)c3c(c2)c2ccccc2n3-c2ccc(N3c4ccccc4Sc4ccccc43)cc2)cc1. The fourth-order valence-corrected chi connectivity index (χ4v) is 7.79. The molecule has 7 aromatic carbocycles. The summed E-state index contributed by atoms with van der Waals surface area (Å²) in [6.45, 7) is 0. The molecule has 2 nitrogen and oxygen atoms in total. The van der Waals surface area contributed by atoms with Crippen LogP contribution in [0.2, 0.25) is 0 Å². The first-order valence-corrected chi connectivity index (χ1v) is 16.1. The topological polar surface area (TPSA) is 8.17 Å². The molecule has 0 saturated heterocycles. The highest BCUT2D eigenvalue weighted by atomic mass is 32.2. The van der Waals surface area contributed by atoms with Crippen molar-refractivity contribution in [2.24, 2.45) is 0 Å². The number of rotatable bonds is 4. The summed E-state index contributed by atoms with van der Waals surface area (Å²) in [6, 6.07) is 61.4. The minimum atomic E-state index is 1.14. The molecule has 0 saturated carbocycles. The van der Waals surface area contributed by atoms with E-state index in [4.69, 9.17) is 0 Å². The maximum absolute atomic E-state index is 2.44. The molecule has 8 aromatic rings. The first kappa shape index (κ1) is 25.9. The normalized spacial score (nSPS) is 12.3. The zero-order chi connectivity index (χ0) is 29.7. The number of aromatic nitrogens is 1. The van der Waals surface area contributed by atoms with Crippen LogP contribution in [0.15, 0.2) is 180 Å². The second-order valence-electron chi connectivity index (χ2n) is 11.4. The molecule has 212 valence electrons. The Balaban J connectivity index is 1.27. The zero-order valence-electron chi connectivity index (χ0n) is 24.5. The minimum Gasteiger partial charge on any atom is -0.309 e. The molecule has 3 heteroatoms. The lowest BCUT2D eigenvalue weighted by atomic mass is 9.95. The van der Waals surface area contributed by atoms with Gasteiger partial charge >= 0.3 is 0 Å². The lowest BCUT2D eigenvalue weighted by molar-refractivity contribution is 1.15. The van der Waals surface area contributed by atoms with Crippen molar-refractivity contribution in [3.8, 4) is 27.9 Å². The first-order valence-electron chi connectivity index (χ1n) is 15.3. The van der Waals surface area contributed by atoms with Crippen molar-refractivity contribution in [2.75, 3.05) is 4.90 Å². The van der Waals surface area contributed by atoms with Gasteiger partial charge in [-0.05, 0) is 83.4 Å². The molecule has 0 atom stereocenters. The van der Waals surface area contributed by atoms with E-state index in [1.165, 1.54) is 65.2 Å². The summed E-state index contributed by atoms with van der Waals surface area (Å²) in [5.41, 5.74) is 12.0. The van der Waals surface area contributed by atoms with Crippen molar-refractivity contribution in [1.29, 1.82) is 0 Å². The van der Waals surface area contributed by atoms with E-state index in [0.717, 1.165) is 11.4 Å². The summed E-state index contributed by atoms with van der Waals surface area (Å²) in [5, 5.41) is 2.51. The van der Waals surface area contributed by atoms with Gasteiger partial charge in [0.1, 0.15) is 0 Å². The number of anilines is 3. The number of benzene rings is 7. The standard InChI is InChI=1S/C42H28N2S/c1-3-13-29(14-4-1)31-27-35(30-15-5-2-6-16-30)42-36(28-31)34-17-7-8-18-37(34)44(42)33-25-23-32(24-26-33)43-38-19-9-11-21-40(38)45-41-22-12-10-20-39(41)43/h1-28H. The summed E-state index contributed by atoms with van der Waals surface area (Å²) in [4.78, 5) is 4.92. The van der Waals surface area contributed by atoms with Crippen LogP contribution in [0.4, 0.5) is 17.1 Å². The van der Waals surface area contributed by atoms with E-state index < -0.39 is 0 Å². The van der Waals surface area contributed by atoms with E-state index in [2.05, 4.69) is 179 Å². The Labute approximate surface area is 266 Å². The highest BCUT2D eigenvalue weighted by molar-refractivity contribution is 7.99. The predicted octanol–water partition coefficient (Wildman–Crippen LogP) is 12.1. The molecule has 1 aliphatic rings. The van der Waals surface area contributed by atoms with Gasteiger partial charge in [0.05, 0.1) is 22.4 Å². The van der Waals surface area contributed by atoms with E-state index >= 15 is 0 Å². The fourth-order valence-electron chi connectivity index (χ4n) is 6.73. The van der Waals surface area contributed by atoms with Gasteiger partial charge in [0.15, 0.2) is 0 Å². The highest BCUT2D eigenvalue weighted by Crippen LogP contribution is 2.51. The lowest BCUT2D eigenvalue weighted by Gasteiger charge is -2.32. The summed E-state index contributed by atoms with van der Waals surface area (Å²) in [6.07, 6.45) is 0. The molecule has 0 unspecified atom stereocenters. The second kappa shape index (κ2) is 10.6. The van der Waals surface area contributed by atoms with Gasteiger partial charge in [-0.2, -0.15) is 0 Å². The van der Waals surface area contributed by atoms with Crippen LogP contribution in [0.1, 0.15) is 0 Å². The molecule has 0 amide bonds. The van der Waals surface area contributed by atoms with Crippen molar-refractivity contribution in [3.05, 3.63) is 170 Å². The molecule has 0 radical (unpaired) electrons. The number of fused-ring (bicyclic) bond motifs is 5. The Bertz CT molecular complexity index is 2290. The fraction of sp³-hybridized carbons (Fsp3) is 0. The largest absolute Gasteiger partial charge is 0.309 e. The summed E-state index contributed by atoms with van der Waals surface area (Å²) in [5.74, 6) is 0. The van der Waals surface area contributed by atoms with Crippen LogP contribution >= 0.6 is 11.8 Å². The summed E-state index contributed by atoms with van der Waals surface area (Å²) < 4.78 is 2.44. The Hall–Kier alpha value is -5.51. The van der Waals surface area contributed by atoms with Crippen molar-refractivity contribution in [2.45, 2.75) is 9.79 Å². The van der Waals surface area contributed by atoms with Gasteiger partial charge in [-0.15, -0.1) is 0 Å². The minimum absolute atomic E-state index is 1.14. The van der Waals surface area contributed by atoms with Crippen LogP contribution in [-0.2, 0) is 0 Å². The molecule has 45 heavy (non-hydrogen) atoms. The van der Waals surface area contributed by atoms with Crippen molar-refractivity contribution in [3.63, 3.8) is 0 Å². The Morgan fingerprint density at radius 2 is 0.956 bits per heavy atom. The molecule has 1 aromatic heterocycles. The molecule has 9 rings (SSSR count). The third kappa shape index (κ3) is 4.28. The van der Waals surface area contributed by atoms with Crippen LogP contribution in [0.5, 0.6) is 0 Å². The quantitative estimate of drug-likeness (QED) is 0.201. The van der Waals surface area contributed by atoms with Crippen LogP contribution in [-0.4, -0.2) is 4.57 Å². The van der Waals surface area contributed by atoms with Crippen LogP contribution < -0.4 is 4.90 Å². The van der Waals surface area contributed by atoms with E-state index in [1.54, 1.807) is 0 Å². The third-order valence-corrected chi connectivity index (χ3v) is 9.89. The average Bonchev–Trinajstić information content (AvgIpc) is 3.45. The molecule has 0 bridgehead atoms. The number of hydrogen-bond donors (Lipinski definition) is 0. The Morgan fingerprint density at radius 1 is 0.400 bits per heavy atom. The first-order chi connectivity index (χ1) is 22.3. The van der Waals surface area contributed by atoms with E-state index in [0.29, 0.717) is 0 Å². The monoisotopic (exact) mass is 592 g/mol.